The smallest absolute Gasteiger partial charge is 0.332 e. The second-order valence-corrected chi connectivity index (χ2v) is 11.6. The number of anilines is 1. The van der Waals surface area contributed by atoms with Crippen LogP contribution in [0.2, 0.25) is 0 Å². The number of urea groups is 1. The lowest BCUT2D eigenvalue weighted by atomic mass is 9.87. The van der Waals surface area contributed by atoms with Gasteiger partial charge in [0, 0.05) is 17.3 Å². The standard InChI is InChI=1S/C24H33N3O4S/c1-14(16-8-9-16)19-6-5-7-20(15(2)17-10-11-17)22(19)26-23(28)27-32(25,30)21-12-18(13-31-21)24(3,4)29/h5-7,12-17,29H,8-11H2,1-4H3,(H3,25,26,27,28,30)/t14-,15-,32?/m0/s1. The van der Waals surface area contributed by atoms with E-state index in [4.69, 9.17) is 9.20 Å². The van der Waals surface area contributed by atoms with Crippen LogP contribution in [0.4, 0.5) is 10.5 Å². The van der Waals surface area contributed by atoms with E-state index in [0.717, 1.165) is 16.8 Å². The average Bonchev–Trinajstić information content (AvgIpc) is 3.63. The lowest BCUT2D eigenvalue weighted by molar-refractivity contribution is 0.0779. The summed E-state index contributed by atoms with van der Waals surface area (Å²) in [5.74, 6) is 1.87. The second-order valence-electron chi connectivity index (χ2n) is 9.89. The minimum atomic E-state index is -3.73. The van der Waals surface area contributed by atoms with E-state index >= 15 is 0 Å². The van der Waals surface area contributed by atoms with Gasteiger partial charge in [-0.1, -0.05) is 32.0 Å². The number of benzene rings is 1. The van der Waals surface area contributed by atoms with Crippen molar-refractivity contribution in [2.24, 2.45) is 11.8 Å². The fourth-order valence-electron chi connectivity index (χ4n) is 4.30. The van der Waals surface area contributed by atoms with Gasteiger partial charge in [0.2, 0.25) is 5.09 Å². The minimum Gasteiger partial charge on any atom is -0.452 e. The third-order valence-corrected chi connectivity index (χ3v) is 8.06. The summed E-state index contributed by atoms with van der Waals surface area (Å²) in [6.07, 6.45) is 6.02. The van der Waals surface area contributed by atoms with Gasteiger partial charge in [-0.15, -0.1) is 0 Å². The lowest BCUT2D eigenvalue weighted by Gasteiger charge is -2.23. The molecule has 2 aliphatic rings. The summed E-state index contributed by atoms with van der Waals surface area (Å²) in [6.45, 7) is 7.51. The molecule has 2 aromatic rings. The van der Waals surface area contributed by atoms with Gasteiger partial charge in [-0.3, -0.25) is 0 Å². The van der Waals surface area contributed by atoms with Crippen molar-refractivity contribution in [2.45, 2.75) is 75.9 Å². The number of amides is 2. The summed E-state index contributed by atoms with van der Waals surface area (Å²) in [5.41, 5.74) is 2.14. The van der Waals surface area contributed by atoms with Crippen LogP contribution in [-0.4, -0.2) is 15.3 Å². The molecule has 2 aliphatic carbocycles. The Hall–Kier alpha value is -2.32. The maximum Gasteiger partial charge on any atom is 0.332 e. The number of furan rings is 1. The van der Waals surface area contributed by atoms with E-state index in [1.165, 1.54) is 38.0 Å². The summed E-state index contributed by atoms with van der Waals surface area (Å²) < 4.78 is 28.6. The second kappa shape index (κ2) is 8.23. The predicted octanol–water partition coefficient (Wildman–Crippen LogP) is 5.68. The summed E-state index contributed by atoms with van der Waals surface area (Å²) in [6, 6.07) is 6.81. The number of hydrogen-bond acceptors (Lipinski definition) is 5. The summed E-state index contributed by atoms with van der Waals surface area (Å²) in [4.78, 5) is 12.9. The van der Waals surface area contributed by atoms with Crippen molar-refractivity contribution in [3.63, 3.8) is 0 Å². The topological polar surface area (TPSA) is 115 Å². The van der Waals surface area contributed by atoms with E-state index in [-0.39, 0.29) is 5.09 Å². The van der Waals surface area contributed by atoms with Gasteiger partial charge < -0.3 is 14.8 Å². The molecular formula is C24H33N3O4S. The number of rotatable bonds is 8. The minimum absolute atomic E-state index is 0.198. The van der Waals surface area contributed by atoms with E-state index in [1.54, 1.807) is 13.8 Å². The molecule has 4 rings (SSSR count). The van der Waals surface area contributed by atoms with Crippen molar-refractivity contribution in [2.75, 3.05) is 5.32 Å². The molecule has 0 aliphatic heterocycles. The van der Waals surface area contributed by atoms with Crippen LogP contribution >= 0.6 is 0 Å². The van der Waals surface area contributed by atoms with Crippen molar-refractivity contribution in [1.29, 1.82) is 4.78 Å². The molecule has 8 heteroatoms. The first-order valence-corrected chi connectivity index (χ1v) is 12.8. The van der Waals surface area contributed by atoms with Gasteiger partial charge in [0.25, 0.3) is 0 Å². The van der Waals surface area contributed by atoms with Crippen molar-refractivity contribution in [1.82, 2.24) is 4.72 Å². The van der Waals surface area contributed by atoms with Crippen molar-refractivity contribution >= 4 is 21.6 Å². The Morgan fingerprint density at radius 1 is 1.16 bits per heavy atom. The van der Waals surface area contributed by atoms with Gasteiger partial charge in [0.05, 0.1) is 11.9 Å². The van der Waals surface area contributed by atoms with Gasteiger partial charge in [-0.05, 0) is 74.3 Å². The summed E-state index contributed by atoms with van der Waals surface area (Å²) in [7, 11) is -3.73. The van der Waals surface area contributed by atoms with Crippen LogP contribution in [0.15, 0.2) is 40.0 Å². The Morgan fingerprint density at radius 3 is 2.12 bits per heavy atom. The maximum absolute atomic E-state index is 12.9. The van der Waals surface area contributed by atoms with Crippen molar-refractivity contribution in [3.8, 4) is 0 Å². The third-order valence-electron chi connectivity index (χ3n) is 6.81. The molecule has 174 valence electrons. The zero-order chi connectivity index (χ0) is 23.3. The SMILES string of the molecule is C[C@H](c1cccc([C@@H](C)C2CC2)c1NC(=O)NS(=N)(=O)c1cc(C(C)(C)O)co1)C1CC1. The largest absolute Gasteiger partial charge is 0.452 e. The molecule has 2 amide bonds. The Balaban J connectivity index is 1.58. The van der Waals surface area contributed by atoms with Crippen LogP contribution in [0.25, 0.3) is 0 Å². The number of carbonyl (C=O) groups excluding carboxylic acids is 1. The number of hydrogen-bond donors (Lipinski definition) is 4. The molecule has 0 bridgehead atoms. The Bertz CT molecular complexity index is 1070. The first-order chi connectivity index (χ1) is 15.0. The Labute approximate surface area is 190 Å². The fourth-order valence-corrected chi connectivity index (χ4v) is 5.19. The quantitative estimate of drug-likeness (QED) is 0.407. The molecule has 1 aromatic heterocycles. The predicted molar refractivity (Wildman–Crippen MR) is 124 cm³/mol. The Morgan fingerprint density at radius 2 is 1.69 bits per heavy atom. The van der Waals surface area contributed by atoms with E-state index in [0.29, 0.717) is 29.2 Å². The molecule has 1 heterocycles. The van der Waals surface area contributed by atoms with Gasteiger partial charge in [-0.2, -0.15) is 0 Å². The highest BCUT2D eigenvalue weighted by molar-refractivity contribution is 7.91. The zero-order valence-corrected chi connectivity index (χ0v) is 19.9. The lowest BCUT2D eigenvalue weighted by Crippen LogP contribution is -2.34. The highest BCUT2D eigenvalue weighted by Crippen LogP contribution is 2.49. The van der Waals surface area contributed by atoms with E-state index in [9.17, 15) is 14.1 Å². The van der Waals surface area contributed by atoms with Crippen LogP contribution in [0.5, 0.6) is 0 Å². The molecule has 2 saturated carbocycles. The molecule has 1 unspecified atom stereocenters. The monoisotopic (exact) mass is 459 g/mol. The van der Waals surface area contributed by atoms with E-state index in [2.05, 4.69) is 42.1 Å². The van der Waals surface area contributed by atoms with Crippen molar-refractivity contribution in [3.05, 3.63) is 47.2 Å². The number of nitrogens with one attached hydrogen (secondary N) is 3. The highest BCUT2D eigenvalue weighted by atomic mass is 32.2. The maximum atomic E-state index is 12.9. The van der Waals surface area contributed by atoms with Crippen LogP contribution in [0.3, 0.4) is 0 Å². The molecule has 0 spiro atoms. The van der Waals surface area contributed by atoms with Crippen LogP contribution in [0.1, 0.15) is 81.9 Å². The van der Waals surface area contributed by atoms with Gasteiger partial charge in [0.1, 0.15) is 0 Å². The zero-order valence-electron chi connectivity index (χ0n) is 19.1. The fraction of sp³-hybridized carbons (Fsp3) is 0.542. The molecule has 32 heavy (non-hydrogen) atoms. The first-order valence-electron chi connectivity index (χ1n) is 11.3. The number of carbonyl (C=O) groups is 1. The molecular weight excluding hydrogens is 426 g/mol. The molecule has 3 atom stereocenters. The van der Waals surface area contributed by atoms with Crippen LogP contribution in [-0.2, 0) is 15.5 Å². The van der Waals surface area contributed by atoms with Gasteiger partial charge >= 0.3 is 6.03 Å². The Kier molecular flexibility index (Phi) is 5.88. The molecule has 4 N–H and O–H groups in total. The summed E-state index contributed by atoms with van der Waals surface area (Å²) in [5, 5.41) is 12.8. The van der Waals surface area contributed by atoms with Crippen LogP contribution < -0.4 is 10.0 Å². The highest BCUT2D eigenvalue weighted by Gasteiger charge is 2.35. The molecule has 2 fully saturated rings. The van der Waals surface area contributed by atoms with Crippen LogP contribution in [0, 0.1) is 16.6 Å². The number of para-hydroxylation sites is 1. The van der Waals surface area contributed by atoms with Crippen molar-refractivity contribution < 1.29 is 18.5 Å². The van der Waals surface area contributed by atoms with Gasteiger partial charge in [-0.25, -0.2) is 18.5 Å². The number of aliphatic hydroxyl groups is 1. The van der Waals surface area contributed by atoms with E-state index < -0.39 is 21.5 Å². The normalized spacial score (nSPS) is 20.3. The summed E-state index contributed by atoms with van der Waals surface area (Å²) >= 11 is 0. The average molecular weight is 460 g/mol. The van der Waals surface area contributed by atoms with E-state index in [1.807, 2.05) is 0 Å². The molecule has 1 aromatic carbocycles. The third kappa shape index (κ3) is 4.86. The molecule has 0 saturated heterocycles. The molecule has 0 radical (unpaired) electrons. The van der Waals surface area contributed by atoms with Gasteiger partial charge in [0.15, 0.2) is 9.92 Å². The first kappa shape index (κ1) is 22.9. The molecule has 7 nitrogen and oxygen atoms in total.